The first-order valence-electron chi connectivity index (χ1n) is 11.2. The molecule has 0 saturated heterocycles. The summed E-state index contributed by atoms with van der Waals surface area (Å²) in [4.78, 5) is 11.4. The van der Waals surface area contributed by atoms with Crippen molar-refractivity contribution in [2.24, 2.45) is 11.8 Å². The van der Waals surface area contributed by atoms with Crippen molar-refractivity contribution in [1.29, 1.82) is 0 Å². The van der Waals surface area contributed by atoms with E-state index in [9.17, 15) is 20.1 Å². The number of aliphatic hydroxyl groups excluding tert-OH is 3. The molecule has 30 heavy (non-hydrogen) atoms. The van der Waals surface area contributed by atoms with E-state index in [2.05, 4.69) is 5.32 Å². The van der Waals surface area contributed by atoms with E-state index in [0.29, 0.717) is 32.2 Å². The van der Waals surface area contributed by atoms with E-state index in [1.807, 2.05) is 55.5 Å². The Morgan fingerprint density at radius 1 is 1.20 bits per heavy atom. The molecule has 0 heterocycles. The standard InChI is InChI=1S/C25H37NO4/c1-2-26-25(30)13-9-4-3-8-12-21-22(24(29)18-23(21)28)17-16-20(27)15-14-19-10-6-5-7-11-19/h3,5-8,10-11,16-17,20-24,27-29H,2,4,9,12-15,18H2,1H3,(H,26,30)/b8-3+,17-16+/t20-,21+,22-,23-,24+/m1/s1. The first-order valence-corrected chi connectivity index (χ1v) is 11.2. The second kappa shape index (κ2) is 13.4. The van der Waals surface area contributed by atoms with Crippen molar-refractivity contribution in [3.05, 3.63) is 60.2 Å². The van der Waals surface area contributed by atoms with E-state index in [0.717, 1.165) is 19.3 Å². The summed E-state index contributed by atoms with van der Waals surface area (Å²) in [6.45, 7) is 2.57. The Morgan fingerprint density at radius 2 is 1.97 bits per heavy atom. The maximum Gasteiger partial charge on any atom is 0.219 e. The summed E-state index contributed by atoms with van der Waals surface area (Å²) in [6.07, 6.45) is 10.6. The summed E-state index contributed by atoms with van der Waals surface area (Å²) >= 11 is 0. The summed E-state index contributed by atoms with van der Waals surface area (Å²) in [6, 6.07) is 10.1. The zero-order valence-electron chi connectivity index (χ0n) is 18.0. The topological polar surface area (TPSA) is 89.8 Å². The summed E-state index contributed by atoms with van der Waals surface area (Å²) < 4.78 is 0. The van der Waals surface area contributed by atoms with Gasteiger partial charge < -0.3 is 20.6 Å². The van der Waals surface area contributed by atoms with Crippen molar-refractivity contribution in [3.8, 4) is 0 Å². The molecular weight excluding hydrogens is 378 g/mol. The second-order valence-corrected chi connectivity index (χ2v) is 8.14. The fourth-order valence-electron chi connectivity index (χ4n) is 4.06. The smallest absolute Gasteiger partial charge is 0.219 e. The number of unbranched alkanes of at least 4 members (excludes halogenated alkanes) is 1. The van der Waals surface area contributed by atoms with Gasteiger partial charge in [0, 0.05) is 25.3 Å². The molecule has 0 radical (unpaired) electrons. The first kappa shape index (κ1) is 24.3. The van der Waals surface area contributed by atoms with Crippen LogP contribution in [0.2, 0.25) is 0 Å². The van der Waals surface area contributed by atoms with Crippen LogP contribution in [-0.4, -0.2) is 46.1 Å². The van der Waals surface area contributed by atoms with Crippen LogP contribution in [0, 0.1) is 11.8 Å². The Kier molecular flexibility index (Phi) is 10.8. The van der Waals surface area contributed by atoms with Crippen LogP contribution in [-0.2, 0) is 11.2 Å². The van der Waals surface area contributed by atoms with E-state index in [-0.39, 0.29) is 17.7 Å². The van der Waals surface area contributed by atoms with E-state index < -0.39 is 18.3 Å². The number of carbonyl (C=O) groups is 1. The molecule has 0 aliphatic heterocycles. The number of amides is 1. The fourth-order valence-corrected chi connectivity index (χ4v) is 4.06. The fraction of sp³-hybridized carbons (Fsp3) is 0.560. The van der Waals surface area contributed by atoms with Crippen LogP contribution in [0.25, 0.3) is 0 Å². The largest absolute Gasteiger partial charge is 0.393 e. The third-order valence-corrected chi connectivity index (χ3v) is 5.77. The number of allylic oxidation sites excluding steroid dienone is 2. The Hall–Kier alpha value is -1.95. The van der Waals surface area contributed by atoms with Crippen molar-refractivity contribution >= 4 is 5.91 Å². The average molecular weight is 416 g/mol. The Balaban J connectivity index is 1.78. The van der Waals surface area contributed by atoms with Gasteiger partial charge in [-0.1, -0.05) is 54.6 Å². The molecule has 1 fully saturated rings. The molecule has 0 unspecified atom stereocenters. The molecule has 1 aliphatic carbocycles. The number of aryl methyl sites for hydroxylation is 1. The van der Waals surface area contributed by atoms with E-state index >= 15 is 0 Å². The van der Waals surface area contributed by atoms with Gasteiger partial charge in [0.2, 0.25) is 5.91 Å². The van der Waals surface area contributed by atoms with Gasteiger partial charge in [-0.25, -0.2) is 0 Å². The summed E-state index contributed by atoms with van der Waals surface area (Å²) in [5.41, 5.74) is 1.19. The lowest BCUT2D eigenvalue weighted by atomic mass is 9.89. The number of aliphatic hydroxyl groups is 3. The van der Waals surface area contributed by atoms with Crippen LogP contribution in [0.15, 0.2) is 54.6 Å². The van der Waals surface area contributed by atoms with Crippen LogP contribution in [0.3, 0.4) is 0 Å². The zero-order chi connectivity index (χ0) is 21.8. The number of hydrogen-bond acceptors (Lipinski definition) is 4. The van der Waals surface area contributed by atoms with E-state index in [1.165, 1.54) is 5.56 Å². The minimum Gasteiger partial charge on any atom is -0.393 e. The zero-order valence-corrected chi connectivity index (χ0v) is 18.0. The molecule has 1 aromatic carbocycles. The van der Waals surface area contributed by atoms with Crippen molar-refractivity contribution < 1.29 is 20.1 Å². The third kappa shape index (κ3) is 8.42. The molecule has 4 N–H and O–H groups in total. The molecular formula is C25H37NO4. The SMILES string of the molecule is CCNC(=O)CCC/C=C/C[C@H]1[C@@H](/C=C/[C@H](O)CCc2ccccc2)[C@@H](O)C[C@H]1O. The summed E-state index contributed by atoms with van der Waals surface area (Å²) in [7, 11) is 0. The second-order valence-electron chi connectivity index (χ2n) is 8.14. The monoisotopic (exact) mass is 415 g/mol. The van der Waals surface area contributed by atoms with E-state index in [1.54, 1.807) is 6.08 Å². The molecule has 0 bridgehead atoms. The van der Waals surface area contributed by atoms with Gasteiger partial charge in [0.25, 0.3) is 0 Å². The molecule has 5 atom stereocenters. The van der Waals surface area contributed by atoms with Crippen molar-refractivity contribution in [1.82, 2.24) is 5.32 Å². The molecule has 0 aromatic heterocycles. The van der Waals surface area contributed by atoms with Gasteiger partial charge in [0.05, 0.1) is 18.3 Å². The quantitative estimate of drug-likeness (QED) is 0.312. The van der Waals surface area contributed by atoms with Gasteiger partial charge in [0.1, 0.15) is 0 Å². The Bertz CT molecular complexity index is 673. The van der Waals surface area contributed by atoms with Crippen LogP contribution in [0.1, 0.15) is 51.0 Å². The minimum absolute atomic E-state index is 0.0581. The van der Waals surface area contributed by atoms with Crippen LogP contribution in [0.4, 0.5) is 0 Å². The summed E-state index contributed by atoms with van der Waals surface area (Å²) in [5.74, 6) is -0.139. The molecule has 2 rings (SSSR count). The number of nitrogens with one attached hydrogen (secondary N) is 1. The van der Waals surface area contributed by atoms with Gasteiger partial charge in [-0.05, 0) is 50.5 Å². The van der Waals surface area contributed by atoms with Gasteiger partial charge in [-0.15, -0.1) is 0 Å². The van der Waals surface area contributed by atoms with Crippen LogP contribution in [0.5, 0.6) is 0 Å². The predicted octanol–water partition coefficient (Wildman–Crippen LogP) is 3.15. The molecule has 1 aliphatic rings. The maximum absolute atomic E-state index is 11.4. The molecule has 1 amide bonds. The molecule has 5 heteroatoms. The normalized spacial score (nSPS) is 25.2. The number of hydrogen-bond donors (Lipinski definition) is 4. The molecule has 1 aromatic rings. The maximum atomic E-state index is 11.4. The number of carbonyl (C=O) groups excluding carboxylic acids is 1. The lowest BCUT2D eigenvalue weighted by Gasteiger charge is -2.19. The third-order valence-electron chi connectivity index (χ3n) is 5.77. The molecule has 5 nitrogen and oxygen atoms in total. The van der Waals surface area contributed by atoms with Crippen LogP contribution >= 0.6 is 0 Å². The highest BCUT2D eigenvalue weighted by Gasteiger charge is 2.39. The van der Waals surface area contributed by atoms with Gasteiger partial charge in [0.15, 0.2) is 0 Å². The highest BCUT2D eigenvalue weighted by molar-refractivity contribution is 5.75. The Labute approximate surface area is 180 Å². The molecule has 166 valence electrons. The highest BCUT2D eigenvalue weighted by atomic mass is 16.3. The van der Waals surface area contributed by atoms with Crippen molar-refractivity contribution in [2.45, 2.75) is 70.2 Å². The van der Waals surface area contributed by atoms with Crippen LogP contribution < -0.4 is 5.32 Å². The summed E-state index contributed by atoms with van der Waals surface area (Å²) in [5, 5.41) is 33.8. The van der Waals surface area contributed by atoms with E-state index in [4.69, 9.17) is 0 Å². The predicted molar refractivity (Wildman–Crippen MR) is 120 cm³/mol. The first-order chi connectivity index (χ1) is 14.5. The lowest BCUT2D eigenvalue weighted by molar-refractivity contribution is -0.121. The van der Waals surface area contributed by atoms with Gasteiger partial charge >= 0.3 is 0 Å². The lowest BCUT2D eigenvalue weighted by Crippen LogP contribution is -2.21. The number of benzene rings is 1. The van der Waals surface area contributed by atoms with Crippen molar-refractivity contribution in [2.75, 3.05) is 6.54 Å². The molecule has 1 saturated carbocycles. The molecule has 0 spiro atoms. The van der Waals surface area contributed by atoms with Crippen molar-refractivity contribution in [3.63, 3.8) is 0 Å². The van der Waals surface area contributed by atoms with Gasteiger partial charge in [-0.3, -0.25) is 4.79 Å². The average Bonchev–Trinajstić information content (AvgIpc) is 3.00. The Morgan fingerprint density at radius 3 is 2.70 bits per heavy atom. The minimum atomic E-state index is -0.589. The number of rotatable bonds is 12. The van der Waals surface area contributed by atoms with Gasteiger partial charge in [-0.2, -0.15) is 0 Å². The highest BCUT2D eigenvalue weighted by Crippen LogP contribution is 2.36.